The number of carbonyl (C=O) groups excluding carboxylic acids is 1. The molecule has 2 bridgehead atoms. The predicted molar refractivity (Wildman–Crippen MR) is 110 cm³/mol. The summed E-state index contributed by atoms with van der Waals surface area (Å²) in [5.74, 6) is 1.51. The Morgan fingerprint density at radius 3 is 3.04 bits per heavy atom. The Morgan fingerprint density at radius 1 is 1.26 bits per heavy atom. The molecule has 0 fully saturated rings. The van der Waals surface area contributed by atoms with Crippen LogP contribution in [0.15, 0.2) is 36.7 Å². The minimum absolute atomic E-state index is 0.244. The van der Waals surface area contributed by atoms with Crippen molar-refractivity contribution in [2.24, 2.45) is 0 Å². The Hall–Kier alpha value is -2.49. The summed E-state index contributed by atoms with van der Waals surface area (Å²) in [6.45, 7) is 3.33. The summed E-state index contributed by atoms with van der Waals surface area (Å²) in [4.78, 5) is 17.4. The van der Waals surface area contributed by atoms with E-state index < -0.39 is 0 Å². The number of pyridine rings is 1. The van der Waals surface area contributed by atoms with Crippen LogP contribution in [0.4, 0.5) is 5.82 Å². The topological polar surface area (TPSA) is 81.9 Å². The standard InChI is InChI=1S/C19H18IN5O2/c1-12-9-16-13(10-14(12)20)19(26)23-17-6-4-5-15(22-17)18-24-21-11-25(18)7-2-3-8-27-16/h4-6,9-11H,2-3,7-8H2,1H3,(H,22,23,26). The number of aryl methyl sites for hydroxylation is 2. The van der Waals surface area contributed by atoms with Crippen LogP contribution in [-0.4, -0.2) is 32.3 Å². The van der Waals surface area contributed by atoms with Gasteiger partial charge in [-0.1, -0.05) is 6.07 Å². The first-order chi connectivity index (χ1) is 13.1. The van der Waals surface area contributed by atoms with Gasteiger partial charge in [-0.05, 0) is 72.2 Å². The summed E-state index contributed by atoms with van der Waals surface area (Å²) in [5, 5.41) is 11.1. The average molecular weight is 475 g/mol. The molecule has 3 aromatic rings. The summed E-state index contributed by atoms with van der Waals surface area (Å²) in [6, 6.07) is 9.25. The molecule has 0 spiro atoms. The second-order valence-corrected chi connectivity index (χ2v) is 7.53. The monoisotopic (exact) mass is 475 g/mol. The molecule has 0 aliphatic carbocycles. The number of anilines is 1. The van der Waals surface area contributed by atoms with E-state index >= 15 is 0 Å². The maximum atomic E-state index is 12.9. The minimum atomic E-state index is -0.244. The second kappa shape index (κ2) is 7.63. The van der Waals surface area contributed by atoms with Crippen molar-refractivity contribution >= 4 is 34.3 Å². The first-order valence-corrected chi connectivity index (χ1v) is 9.79. The highest BCUT2D eigenvalue weighted by atomic mass is 127. The van der Waals surface area contributed by atoms with Gasteiger partial charge in [0.05, 0.1) is 12.2 Å². The molecule has 1 aromatic carbocycles. The SMILES string of the molecule is Cc1cc2c(cc1I)C(=O)Nc1cccc(n1)-c1nncn1CCCCO2. The lowest BCUT2D eigenvalue weighted by Crippen LogP contribution is -2.16. The van der Waals surface area contributed by atoms with Crippen LogP contribution < -0.4 is 10.1 Å². The van der Waals surface area contributed by atoms with Crippen molar-refractivity contribution in [1.82, 2.24) is 19.7 Å². The van der Waals surface area contributed by atoms with Gasteiger partial charge in [0.1, 0.15) is 23.6 Å². The smallest absolute Gasteiger partial charge is 0.260 e. The fourth-order valence-electron chi connectivity index (χ4n) is 2.95. The first kappa shape index (κ1) is 17.9. The summed E-state index contributed by atoms with van der Waals surface area (Å²) < 4.78 is 8.93. The summed E-state index contributed by atoms with van der Waals surface area (Å²) in [7, 11) is 0. The zero-order valence-corrected chi connectivity index (χ0v) is 16.9. The van der Waals surface area contributed by atoms with Gasteiger partial charge in [0, 0.05) is 10.1 Å². The lowest BCUT2D eigenvalue weighted by atomic mass is 10.1. The molecule has 1 amide bonds. The van der Waals surface area contributed by atoms with E-state index in [1.54, 1.807) is 12.4 Å². The fraction of sp³-hybridized carbons (Fsp3) is 0.263. The number of amides is 1. The Labute approximate surface area is 170 Å². The molecule has 2 aromatic heterocycles. The lowest BCUT2D eigenvalue weighted by Gasteiger charge is -2.15. The number of halogens is 1. The molecule has 0 unspecified atom stereocenters. The maximum Gasteiger partial charge on any atom is 0.260 e. The second-order valence-electron chi connectivity index (χ2n) is 6.36. The van der Waals surface area contributed by atoms with Gasteiger partial charge in [-0.2, -0.15) is 0 Å². The van der Waals surface area contributed by atoms with Gasteiger partial charge in [0.15, 0.2) is 5.82 Å². The van der Waals surface area contributed by atoms with Gasteiger partial charge in [-0.25, -0.2) is 4.98 Å². The number of benzene rings is 1. The first-order valence-electron chi connectivity index (χ1n) is 8.71. The van der Waals surface area contributed by atoms with E-state index in [1.165, 1.54) is 0 Å². The summed E-state index contributed by atoms with van der Waals surface area (Å²) >= 11 is 2.23. The lowest BCUT2D eigenvalue weighted by molar-refractivity contribution is 0.102. The third kappa shape index (κ3) is 3.80. The third-order valence-electron chi connectivity index (χ3n) is 4.39. The van der Waals surface area contributed by atoms with Crippen molar-refractivity contribution in [1.29, 1.82) is 0 Å². The van der Waals surface area contributed by atoms with E-state index in [-0.39, 0.29) is 5.91 Å². The van der Waals surface area contributed by atoms with E-state index in [9.17, 15) is 4.79 Å². The normalized spacial score (nSPS) is 14.4. The molecule has 0 saturated heterocycles. The van der Waals surface area contributed by atoms with Crippen LogP contribution in [0.1, 0.15) is 28.8 Å². The fourth-order valence-corrected chi connectivity index (χ4v) is 3.41. The van der Waals surface area contributed by atoms with Crippen LogP contribution in [0.25, 0.3) is 11.5 Å². The molecule has 7 nitrogen and oxygen atoms in total. The van der Waals surface area contributed by atoms with E-state index in [0.29, 0.717) is 35.3 Å². The molecule has 1 aliphatic rings. The largest absolute Gasteiger partial charge is 0.493 e. The Kier molecular flexibility index (Phi) is 5.06. The van der Waals surface area contributed by atoms with E-state index in [0.717, 1.165) is 28.5 Å². The van der Waals surface area contributed by atoms with E-state index in [4.69, 9.17) is 4.74 Å². The third-order valence-corrected chi connectivity index (χ3v) is 5.55. The van der Waals surface area contributed by atoms with Crippen molar-refractivity contribution in [2.75, 3.05) is 11.9 Å². The number of hydrogen-bond donors (Lipinski definition) is 1. The predicted octanol–water partition coefficient (Wildman–Crippen LogP) is 3.68. The number of carbonyl (C=O) groups is 1. The molecule has 138 valence electrons. The molecule has 1 aliphatic heterocycles. The summed E-state index contributed by atoms with van der Waals surface area (Å²) in [5.41, 5.74) is 2.27. The van der Waals surface area contributed by atoms with Crippen molar-refractivity contribution in [3.05, 3.63) is 51.4 Å². The zero-order valence-electron chi connectivity index (χ0n) is 14.8. The van der Waals surface area contributed by atoms with Crippen LogP contribution in [0.5, 0.6) is 5.75 Å². The summed E-state index contributed by atoms with van der Waals surface area (Å²) in [6.07, 6.45) is 3.47. The maximum absolute atomic E-state index is 12.9. The molecule has 1 N–H and O–H groups in total. The van der Waals surface area contributed by atoms with Crippen molar-refractivity contribution in [2.45, 2.75) is 26.3 Å². The highest BCUT2D eigenvalue weighted by Gasteiger charge is 2.17. The van der Waals surface area contributed by atoms with Gasteiger partial charge in [0.2, 0.25) is 0 Å². The van der Waals surface area contributed by atoms with E-state index in [2.05, 4.69) is 43.1 Å². The van der Waals surface area contributed by atoms with Crippen molar-refractivity contribution in [3.63, 3.8) is 0 Å². The molecule has 27 heavy (non-hydrogen) atoms. The highest BCUT2D eigenvalue weighted by molar-refractivity contribution is 14.1. The minimum Gasteiger partial charge on any atom is -0.493 e. The Balaban J connectivity index is 1.75. The molecule has 8 heteroatoms. The molecule has 4 rings (SSSR count). The number of fused-ring (bicyclic) bond motifs is 5. The van der Waals surface area contributed by atoms with Gasteiger partial charge in [-0.15, -0.1) is 10.2 Å². The number of rotatable bonds is 0. The van der Waals surface area contributed by atoms with Crippen LogP contribution in [0.2, 0.25) is 0 Å². The quantitative estimate of drug-likeness (QED) is 0.502. The van der Waals surface area contributed by atoms with Crippen LogP contribution in [0.3, 0.4) is 0 Å². The Morgan fingerprint density at radius 2 is 2.15 bits per heavy atom. The zero-order chi connectivity index (χ0) is 18.8. The molecule has 3 heterocycles. The average Bonchev–Trinajstić information content (AvgIpc) is 3.12. The molecule has 0 radical (unpaired) electrons. The van der Waals surface area contributed by atoms with Gasteiger partial charge in [0.25, 0.3) is 5.91 Å². The molecule has 0 saturated carbocycles. The van der Waals surface area contributed by atoms with Gasteiger partial charge in [-0.3, -0.25) is 4.79 Å². The highest BCUT2D eigenvalue weighted by Crippen LogP contribution is 2.27. The molecular weight excluding hydrogens is 457 g/mol. The number of aromatic nitrogens is 4. The molecule has 0 atom stereocenters. The number of hydrogen-bond acceptors (Lipinski definition) is 5. The van der Waals surface area contributed by atoms with Crippen molar-refractivity contribution < 1.29 is 9.53 Å². The van der Waals surface area contributed by atoms with Gasteiger partial charge < -0.3 is 14.6 Å². The number of nitrogens with one attached hydrogen (secondary N) is 1. The van der Waals surface area contributed by atoms with Gasteiger partial charge >= 0.3 is 0 Å². The van der Waals surface area contributed by atoms with Crippen LogP contribution in [0, 0.1) is 10.5 Å². The van der Waals surface area contributed by atoms with Crippen molar-refractivity contribution in [3.8, 4) is 17.3 Å². The van der Waals surface area contributed by atoms with Crippen LogP contribution in [-0.2, 0) is 6.54 Å². The van der Waals surface area contributed by atoms with Crippen LogP contribution >= 0.6 is 22.6 Å². The number of nitrogens with zero attached hydrogens (tertiary/aromatic N) is 4. The Bertz CT molecular complexity index is 1000. The van der Waals surface area contributed by atoms with E-state index in [1.807, 2.05) is 35.8 Å². The molecular formula is C19H18IN5O2. The number of ether oxygens (including phenoxy) is 1.